The van der Waals surface area contributed by atoms with Gasteiger partial charge in [-0.15, -0.1) is 5.10 Å². The van der Waals surface area contributed by atoms with E-state index in [0.717, 1.165) is 13.0 Å². The predicted octanol–water partition coefficient (Wildman–Crippen LogP) is -0.281. The minimum atomic E-state index is -0.0971. The Morgan fingerprint density at radius 3 is 3.00 bits per heavy atom. The zero-order valence-corrected chi connectivity index (χ0v) is 9.18. The van der Waals surface area contributed by atoms with Gasteiger partial charge in [0, 0.05) is 20.1 Å². The van der Waals surface area contributed by atoms with Gasteiger partial charge in [-0.3, -0.25) is 9.48 Å². The molecule has 2 N–H and O–H groups in total. The highest BCUT2D eigenvalue weighted by atomic mass is 16.2. The third kappa shape index (κ3) is 3.02. The number of rotatable bonds is 5. The predicted molar refractivity (Wildman–Crippen MR) is 56.3 cm³/mol. The molecule has 1 rings (SSSR count). The summed E-state index contributed by atoms with van der Waals surface area (Å²) in [7, 11) is 1.76. The Bertz CT molecular complexity index is 322. The van der Waals surface area contributed by atoms with E-state index in [0.29, 0.717) is 18.8 Å². The quantitative estimate of drug-likeness (QED) is 0.726. The molecule has 0 saturated heterocycles. The highest BCUT2D eigenvalue weighted by Crippen LogP contribution is 1.99. The van der Waals surface area contributed by atoms with Gasteiger partial charge in [0.25, 0.3) is 5.91 Å². The SMILES string of the molecule is CCCN(C)C(=O)c1cn(CCN)nn1. The Hall–Kier alpha value is -1.43. The number of carbonyl (C=O) groups excluding carboxylic acids is 1. The van der Waals surface area contributed by atoms with Crippen LogP contribution in [0.1, 0.15) is 23.8 Å². The Balaban J connectivity index is 2.65. The first kappa shape index (κ1) is 11.6. The van der Waals surface area contributed by atoms with Gasteiger partial charge in [-0.05, 0) is 6.42 Å². The fourth-order valence-electron chi connectivity index (χ4n) is 1.27. The molecule has 6 heteroatoms. The van der Waals surface area contributed by atoms with Gasteiger partial charge in [-0.1, -0.05) is 12.1 Å². The molecule has 0 bridgehead atoms. The average Bonchev–Trinajstić information content (AvgIpc) is 2.66. The van der Waals surface area contributed by atoms with E-state index in [4.69, 9.17) is 5.73 Å². The van der Waals surface area contributed by atoms with E-state index in [9.17, 15) is 4.79 Å². The minimum Gasteiger partial charge on any atom is -0.340 e. The molecule has 1 amide bonds. The second-order valence-corrected chi connectivity index (χ2v) is 3.38. The van der Waals surface area contributed by atoms with E-state index in [1.807, 2.05) is 6.92 Å². The molecule has 6 nitrogen and oxygen atoms in total. The van der Waals surface area contributed by atoms with E-state index >= 15 is 0 Å². The van der Waals surface area contributed by atoms with Crippen LogP contribution in [0.2, 0.25) is 0 Å². The van der Waals surface area contributed by atoms with Crippen LogP contribution in [0, 0.1) is 0 Å². The lowest BCUT2D eigenvalue weighted by atomic mass is 10.3. The van der Waals surface area contributed by atoms with Crippen LogP contribution in [0.5, 0.6) is 0 Å². The maximum Gasteiger partial charge on any atom is 0.275 e. The maximum atomic E-state index is 11.7. The lowest BCUT2D eigenvalue weighted by Gasteiger charge is -2.13. The summed E-state index contributed by atoms with van der Waals surface area (Å²) < 4.78 is 1.58. The largest absolute Gasteiger partial charge is 0.340 e. The fraction of sp³-hybridized carbons (Fsp3) is 0.667. The van der Waals surface area contributed by atoms with E-state index in [1.54, 1.807) is 22.8 Å². The normalized spacial score (nSPS) is 10.3. The topological polar surface area (TPSA) is 77.0 Å². The van der Waals surface area contributed by atoms with Gasteiger partial charge in [0.1, 0.15) is 0 Å². The third-order valence-corrected chi connectivity index (χ3v) is 2.02. The van der Waals surface area contributed by atoms with Crippen molar-refractivity contribution in [3.63, 3.8) is 0 Å². The van der Waals surface area contributed by atoms with E-state index in [2.05, 4.69) is 10.3 Å². The molecule has 0 aliphatic carbocycles. The first-order valence-corrected chi connectivity index (χ1v) is 5.04. The number of hydrogen-bond acceptors (Lipinski definition) is 4. The summed E-state index contributed by atoms with van der Waals surface area (Å²) in [6, 6.07) is 0. The van der Waals surface area contributed by atoms with E-state index < -0.39 is 0 Å². The fourth-order valence-corrected chi connectivity index (χ4v) is 1.27. The van der Waals surface area contributed by atoms with Gasteiger partial charge in [0.15, 0.2) is 5.69 Å². The molecule has 15 heavy (non-hydrogen) atoms. The zero-order chi connectivity index (χ0) is 11.3. The van der Waals surface area contributed by atoms with Crippen molar-refractivity contribution >= 4 is 5.91 Å². The van der Waals surface area contributed by atoms with E-state index in [-0.39, 0.29) is 5.91 Å². The number of nitrogens with two attached hydrogens (primary N) is 1. The lowest BCUT2D eigenvalue weighted by molar-refractivity contribution is 0.0789. The molecule has 0 aromatic carbocycles. The number of hydrogen-bond donors (Lipinski definition) is 1. The summed E-state index contributed by atoms with van der Waals surface area (Å²) in [6.07, 6.45) is 2.56. The molecule has 1 heterocycles. The number of nitrogens with zero attached hydrogens (tertiary/aromatic N) is 4. The lowest BCUT2D eigenvalue weighted by Crippen LogP contribution is -2.27. The molecule has 0 spiro atoms. The molecule has 0 unspecified atom stereocenters. The third-order valence-electron chi connectivity index (χ3n) is 2.02. The van der Waals surface area contributed by atoms with Gasteiger partial charge in [0.2, 0.25) is 0 Å². The molecule has 0 aliphatic rings. The van der Waals surface area contributed by atoms with Crippen LogP contribution >= 0.6 is 0 Å². The van der Waals surface area contributed by atoms with Crippen molar-refractivity contribution < 1.29 is 4.79 Å². The number of carbonyl (C=O) groups is 1. The molecule has 0 atom stereocenters. The molecule has 0 aliphatic heterocycles. The summed E-state index contributed by atoms with van der Waals surface area (Å²) >= 11 is 0. The molecule has 0 saturated carbocycles. The van der Waals surface area contributed by atoms with Crippen LogP contribution in [-0.4, -0.2) is 45.9 Å². The Kier molecular flexibility index (Phi) is 4.23. The summed E-state index contributed by atoms with van der Waals surface area (Å²) in [5.41, 5.74) is 5.74. The molecule has 1 aromatic heterocycles. The Labute approximate surface area is 89.0 Å². The van der Waals surface area contributed by atoms with Gasteiger partial charge in [-0.2, -0.15) is 0 Å². The Morgan fingerprint density at radius 1 is 1.67 bits per heavy atom. The van der Waals surface area contributed by atoms with Crippen LogP contribution < -0.4 is 5.73 Å². The van der Waals surface area contributed by atoms with Gasteiger partial charge in [-0.25, -0.2) is 0 Å². The van der Waals surface area contributed by atoms with Crippen LogP contribution in [0.15, 0.2) is 6.20 Å². The standard InChI is InChI=1S/C9H17N5O/c1-3-5-13(2)9(15)8-7-14(6-4-10)12-11-8/h7H,3-6,10H2,1-2H3. The smallest absolute Gasteiger partial charge is 0.275 e. The first-order chi connectivity index (χ1) is 7.19. The summed E-state index contributed by atoms with van der Waals surface area (Å²) in [5.74, 6) is -0.0971. The van der Waals surface area contributed by atoms with Crippen molar-refractivity contribution in [3.05, 3.63) is 11.9 Å². The van der Waals surface area contributed by atoms with Crippen molar-refractivity contribution in [3.8, 4) is 0 Å². The highest BCUT2D eigenvalue weighted by Gasteiger charge is 2.14. The Morgan fingerprint density at radius 2 is 2.40 bits per heavy atom. The van der Waals surface area contributed by atoms with Crippen LogP contribution in [0.4, 0.5) is 0 Å². The molecular formula is C9H17N5O. The van der Waals surface area contributed by atoms with Crippen molar-refractivity contribution in [1.82, 2.24) is 19.9 Å². The molecule has 0 radical (unpaired) electrons. The number of aromatic nitrogens is 3. The van der Waals surface area contributed by atoms with Gasteiger partial charge < -0.3 is 10.6 Å². The zero-order valence-electron chi connectivity index (χ0n) is 9.18. The monoisotopic (exact) mass is 211 g/mol. The van der Waals surface area contributed by atoms with E-state index in [1.165, 1.54) is 0 Å². The van der Waals surface area contributed by atoms with Crippen LogP contribution in [0.3, 0.4) is 0 Å². The molecule has 1 aromatic rings. The maximum absolute atomic E-state index is 11.7. The average molecular weight is 211 g/mol. The summed E-state index contributed by atoms with van der Waals surface area (Å²) in [5, 5.41) is 7.61. The van der Waals surface area contributed by atoms with Crippen molar-refractivity contribution in [2.24, 2.45) is 5.73 Å². The molecule has 84 valence electrons. The summed E-state index contributed by atoms with van der Waals surface area (Å²) in [6.45, 7) is 3.82. The molecule has 0 fully saturated rings. The summed E-state index contributed by atoms with van der Waals surface area (Å²) in [4.78, 5) is 13.4. The van der Waals surface area contributed by atoms with Crippen molar-refractivity contribution in [1.29, 1.82) is 0 Å². The van der Waals surface area contributed by atoms with Gasteiger partial charge >= 0.3 is 0 Å². The number of amides is 1. The second kappa shape index (κ2) is 5.45. The van der Waals surface area contributed by atoms with Gasteiger partial charge in [0.05, 0.1) is 12.7 Å². The minimum absolute atomic E-state index is 0.0971. The molecular weight excluding hydrogens is 194 g/mol. The highest BCUT2D eigenvalue weighted by molar-refractivity contribution is 5.91. The van der Waals surface area contributed by atoms with Crippen LogP contribution in [-0.2, 0) is 6.54 Å². The first-order valence-electron chi connectivity index (χ1n) is 5.04. The van der Waals surface area contributed by atoms with Crippen molar-refractivity contribution in [2.75, 3.05) is 20.1 Å². The van der Waals surface area contributed by atoms with Crippen LogP contribution in [0.25, 0.3) is 0 Å². The second-order valence-electron chi connectivity index (χ2n) is 3.38. The van der Waals surface area contributed by atoms with Crippen molar-refractivity contribution in [2.45, 2.75) is 19.9 Å².